The van der Waals surface area contributed by atoms with Crippen LogP contribution < -0.4 is 19.7 Å². The number of halogens is 2. The summed E-state index contributed by atoms with van der Waals surface area (Å²) in [4.78, 5) is 14.2. The molecule has 1 unspecified atom stereocenters. The van der Waals surface area contributed by atoms with Gasteiger partial charge < -0.3 is 19.7 Å². The van der Waals surface area contributed by atoms with Crippen LogP contribution in [-0.2, 0) is 4.79 Å². The highest BCUT2D eigenvalue weighted by Crippen LogP contribution is 2.31. The number of quaternary nitrogens is 1. The van der Waals surface area contributed by atoms with E-state index in [1.165, 1.54) is 4.90 Å². The molecule has 1 fully saturated rings. The molecule has 2 aromatic rings. The molecule has 1 aliphatic heterocycles. The van der Waals surface area contributed by atoms with E-state index >= 15 is 0 Å². The maximum Gasteiger partial charge on any atom is 0.288 e. The molecule has 156 valence electrons. The fraction of sp³-hybridized carbons (Fsp3) is 0.381. The fourth-order valence-corrected chi connectivity index (χ4v) is 4.24. The van der Waals surface area contributed by atoms with Crippen molar-refractivity contribution in [3.05, 3.63) is 48.0 Å². The first-order valence-electron chi connectivity index (χ1n) is 9.41. The molecule has 2 atom stereocenters. The van der Waals surface area contributed by atoms with Crippen LogP contribution in [0.25, 0.3) is 0 Å². The lowest BCUT2D eigenvalue weighted by molar-refractivity contribution is -0.910. The first-order chi connectivity index (χ1) is 14.0. The summed E-state index contributed by atoms with van der Waals surface area (Å²) in [7, 11) is 3.27. The van der Waals surface area contributed by atoms with Crippen molar-refractivity contribution < 1.29 is 27.9 Å². The van der Waals surface area contributed by atoms with E-state index in [1.807, 2.05) is 18.2 Å². The molecule has 0 saturated carbocycles. The molecular formula is C21H25F2N2O3S+. The van der Waals surface area contributed by atoms with Gasteiger partial charge >= 0.3 is 0 Å². The Morgan fingerprint density at radius 1 is 1.21 bits per heavy atom. The number of alkyl halides is 2. The Labute approximate surface area is 173 Å². The van der Waals surface area contributed by atoms with E-state index in [4.69, 9.17) is 9.47 Å². The number of anilines is 1. The summed E-state index contributed by atoms with van der Waals surface area (Å²) in [5.74, 6) is -1.01. The molecule has 8 heteroatoms. The predicted molar refractivity (Wildman–Crippen MR) is 109 cm³/mol. The molecule has 1 saturated heterocycles. The number of thioether (sulfide) groups is 1. The smallest absolute Gasteiger partial charge is 0.288 e. The quantitative estimate of drug-likeness (QED) is 0.640. The van der Waals surface area contributed by atoms with Crippen LogP contribution in [0.5, 0.6) is 11.5 Å². The summed E-state index contributed by atoms with van der Waals surface area (Å²) in [5, 5.41) is 2.86. The van der Waals surface area contributed by atoms with Gasteiger partial charge in [-0.25, -0.2) is 0 Å². The van der Waals surface area contributed by atoms with E-state index in [0.717, 1.165) is 36.4 Å². The molecule has 0 radical (unpaired) electrons. The second kappa shape index (κ2) is 9.93. The Morgan fingerprint density at radius 3 is 2.62 bits per heavy atom. The number of amides is 1. The van der Waals surface area contributed by atoms with E-state index in [0.29, 0.717) is 28.9 Å². The molecule has 0 aliphatic carbocycles. The second-order valence-corrected chi connectivity index (χ2v) is 7.90. The van der Waals surface area contributed by atoms with E-state index in [9.17, 15) is 13.6 Å². The van der Waals surface area contributed by atoms with Crippen LogP contribution in [-0.4, -0.2) is 39.0 Å². The Kier molecular flexibility index (Phi) is 7.33. The molecule has 3 rings (SSSR count). The number of rotatable bonds is 8. The zero-order valence-corrected chi connectivity index (χ0v) is 17.2. The van der Waals surface area contributed by atoms with Crippen molar-refractivity contribution in [3.63, 3.8) is 0 Å². The largest absolute Gasteiger partial charge is 0.497 e. The molecule has 1 heterocycles. The van der Waals surface area contributed by atoms with Gasteiger partial charge in [-0.05, 0) is 42.5 Å². The topological polar surface area (TPSA) is 52.0 Å². The van der Waals surface area contributed by atoms with Gasteiger partial charge in [0.25, 0.3) is 11.7 Å². The van der Waals surface area contributed by atoms with Crippen molar-refractivity contribution in [1.29, 1.82) is 0 Å². The van der Waals surface area contributed by atoms with Crippen LogP contribution in [0.2, 0.25) is 0 Å². The number of hydrogen-bond acceptors (Lipinski definition) is 4. The molecule has 2 aromatic carbocycles. The van der Waals surface area contributed by atoms with Gasteiger partial charge in [0.05, 0.1) is 26.3 Å². The average Bonchev–Trinajstić information content (AvgIpc) is 3.16. The van der Waals surface area contributed by atoms with E-state index in [-0.39, 0.29) is 11.9 Å². The summed E-state index contributed by atoms with van der Waals surface area (Å²) in [6, 6.07) is 12.3. The molecule has 0 spiro atoms. The first-order valence-corrected chi connectivity index (χ1v) is 10.3. The van der Waals surface area contributed by atoms with Crippen molar-refractivity contribution >= 4 is 23.4 Å². The molecule has 1 aliphatic rings. The molecule has 1 amide bonds. The van der Waals surface area contributed by atoms with Crippen LogP contribution in [0.1, 0.15) is 24.4 Å². The van der Waals surface area contributed by atoms with Crippen molar-refractivity contribution in [2.24, 2.45) is 0 Å². The summed E-state index contributed by atoms with van der Waals surface area (Å²) in [6.07, 6.45) is 1.99. The lowest BCUT2D eigenvalue weighted by atomic mass is 10.0. The summed E-state index contributed by atoms with van der Waals surface area (Å²) < 4.78 is 35.7. The van der Waals surface area contributed by atoms with Crippen molar-refractivity contribution in [3.8, 4) is 11.5 Å². The molecule has 0 bridgehead atoms. The highest BCUT2D eigenvalue weighted by atomic mass is 32.2. The van der Waals surface area contributed by atoms with Gasteiger partial charge in [0.15, 0.2) is 6.54 Å². The number of carbonyl (C=O) groups excluding carboxylic acids is 1. The maximum atomic E-state index is 12.6. The monoisotopic (exact) mass is 423 g/mol. The highest BCUT2D eigenvalue weighted by Gasteiger charge is 2.34. The van der Waals surface area contributed by atoms with Crippen LogP contribution in [0.15, 0.2) is 47.4 Å². The zero-order chi connectivity index (χ0) is 20.8. The maximum absolute atomic E-state index is 12.6. The minimum atomic E-state index is -2.46. The number of likely N-dealkylation sites (tertiary alicyclic amines) is 1. The van der Waals surface area contributed by atoms with Gasteiger partial charge in [-0.3, -0.25) is 4.79 Å². The first kappa shape index (κ1) is 21.4. The summed E-state index contributed by atoms with van der Waals surface area (Å²) in [5.41, 5.74) is 1.64. The Hall–Kier alpha value is -2.32. The lowest BCUT2D eigenvalue weighted by Gasteiger charge is -2.23. The standard InChI is InChI=1S/C21H24F2N2O3S/c1-27-15-7-10-19(28-2)17(12-15)18-4-3-11-25(18)13-20(26)24-14-5-8-16(9-6-14)29-21(22)23/h5-10,12,18,21H,3-4,11,13H2,1-2H3,(H,24,26)/p+1/t18-/m1/s1. The average molecular weight is 424 g/mol. The van der Waals surface area contributed by atoms with Crippen LogP contribution in [0.4, 0.5) is 14.5 Å². The Morgan fingerprint density at radius 2 is 1.97 bits per heavy atom. The van der Waals surface area contributed by atoms with Gasteiger partial charge in [0.1, 0.15) is 17.5 Å². The minimum absolute atomic E-state index is 0.108. The SMILES string of the molecule is COc1ccc(OC)c([C@H]2CCC[NH+]2CC(=O)Nc2ccc(SC(F)F)cc2)c1. The fourth-order valence-electron chi connectivity index (χ4n) is 3.74. The van der Waals surface area contributed by atoms with Crippen molar-refractivity contribution in [1.82, 2.24) is 0 Å². The number of hydrogen-bond donors (Lipinski definition) is 2. The van der Waals surface area contributed by atoms with E-state index in [2.05, 4.69) is 5.32 Å². The molecule has 2 N–H and O–H groups in total. The minimum Gasteiger partial charge on any atom is -0.497 e. The van der Waals surface area contributed by atoms with Gasteiger partial charge in [-0.15, -0.1) is 0 Å². The van der Waals surface area contributed by atoms with Gasteiger partial charge in [0.2, 0.25) is 0 Å². The summed E-state index contributed by atoms with van der Waals surface area (Å²) in [6.45, 7) is 1.21. The molecule has 0 aromatic heterocycles. The lowest BCUT2D eigenvalue weighted by Crippen LogP contribution is -3.11. The van der Waals surface area contributed by atoms with Gasteiger partial charge in [0, 0.05) is 23.4 Å². The van der Waals surface area contributed by atoms with Gasteiger partial charge in [-0.2, -0.15) is 8.78 Å². The molecule has 5 nitrogen and oxygen atoms in total. The van der Waals surface area contributed by atoms with Crippen LogP contribution >= 0.6 is 11.8 Å². The normalized spacial score (nSPS) is 18.7. The molecular weight excluding hydrogens is 398 g/mol. The highest BCUT2D eigenvalue weighted by molar-refractivity contribution is 7.99. The Balaban J connectivity index is 1.65. The predicted octanol–water partition coefficient (Wildman–Crippen LogP) is 3.38. The Bertz CT molecular complexity index is 833. The van der Waals surface area contributed by atoms with Crippen LogP contribution in [0.3, 0.4) is 0 Å². The third-order valence-electron chi connectivity index (χ3n) is 5.05. The number of benzene rings is 2. The van der Waals surface area contributed by atoms with Crippen molar-refractivity contribution in [2.45, 2.75) is 29.5 Å². The van der Waals surface area contributed by atoms with Crippen molar-refractivity contribution in [2.75, 3.05) is 32.6 Å². The molecule has 29 heavy (non-hydrogen) atoms. The number of nitrogens with one attached hydrogen (secondary N) is 2. The third kappa shape index (κ3) is 5.61. The van der Waals surface area contributed by atoms with Crippen LogP contribution in [0, 0.1) is 0 Å². The van der Waals surface area contributed by atoms with E-state index < -0.39 is 5.76 Å². The number of carbonyl (C=O) groups is 1. The van der Waals surface area contributed by atoms with E-state index in [1.54, 1.807) is 38.5 Å². The third-order valence-corrected chi connectivity index (χ3v) is 5.77. The van der Waals surface area contributed by atoms with Gasteiger partial charge in [-0.1, -0.05) is 11.8 Å². The number of methoxy groups -OCH3 is 2. The second-order valence-electron chi connectivity index (χ2n) is 6.84. The number of ether oxygens (including phenoxy) is 2. The zero-order valence-electron chi connectivity index (χ0n) is 16.4. The summed E-state index contributed by atoms with van der Waals surface area (Å²) >= 11 is 0.484.